The Morgan fingerprint density at radius 3 is 2.17 bits per heavy atom. The highest BCUT2D eigenvalue weighted by atomic mass is 79.9. The van der Waals surface area contributed by atoms with Gasteiger partial charge in [-0.15, -0.1) is 0 Å². The fourth-order valence-corrected chi connectivity index (χ4v) is 4.17. The highest BCUT2D eigenvalue weighted by Crippen LogP contribution is 2.41. The quantitative estimate of drug-likeness (QED) is 0.343. The van der Waals surface area contributed by atoms with Crippen molar-refractivity contribution in [3.8, 4) is 17.2 Å². The van der Waals surface area contributed by atoms with Gasteiger partial charge in [-0.2, -0.15) is 0 Å². The first-order valence-corrected chi connectivity index (χ1v) is 11.8. The maximum absolute atomic E-state index is 13.1. The van der Waals surface area contributed by atoms with Gasteiger partial charge >= 0.3 is 7.60 Å². The van der Waals surface area contributed by atoms with Gasteiger partial charge in [0.15, 0.2) is 12.1 Å². The average Bonchev–Trinajstić information content (AvgIpc) is 2.65. The van der Waals surface area contributed by atoms with Gasteiger partial charge in [0.2, 0.25) is 0 Å². The van der Waals surface area contributed by atoms with E-state index in [1.54, 1.807) is 24.3 Å². The second-order valence-corrected chi connectivity index (χ2v) is 9.50. The summed E-state index contributed by atoms with van der Waals surface area (Å²) in [7, 11) is -4.27. The summed E-state index contributed by atoms with van der Waals surface area (Å²) in [6.07, 6.45) is -0.0769. The number of ether oxygens (including phenoxy) is 2. The van der Waals surface area contributed by atoms with Crippen LogP contribution in [0.15, 0.2) is 69.6 Å². The molecule has 0 unspecified atom stereocenters. The molecule has 0 heterocycles. The lowest BCUT2D eigenvalue weighted by Crippen LogP contribution is -1.98. The summed E-state index contributed by atoms with van der Waals surface area (Å²) >= 11 is 6.78. The van der Waals surface area contributed by atoms with Crippen molar-refractivity contribution < 1.29 is 28.2 Å². The van der Waals surface area contributed by atoms with Crippen LogP contribution in [0.2, 0.25) is 0 Å². The van der Waals surface area contributed by atoms with Crippen LogP contribution in [0.4, 0.5) is 4.39 Å². The van der Waals surface area contributed by atoms with Crippen LogP contribution in [-0.2, 0) is 11.0 Å². The van der Waals surface area contributed by atoms with Gasteiger partial charge in [-0.25, -0.2) is 4.39 Å². The first-order chi connectivity index (χ1) is 13.7. The molecule has 29 heavy (non-hydrogen) atoms. The molecule has 0 saturated heterocycles. The number of hydrogen-bond donors (Lipinski definition) is 2. The number of benzene rings is 3. The second kappa shape index (κ2) is 9.41. The van der Waals surface area contributed by atoms with Crippen molar-refractivity contribution in [1.82, 2.24) is 0 Å². The third kappa shape index (κ3) is 6.66. The monoisotopic (exact) mass is 544 g/mol. The van der Waals surface area contributed by atoms with Gasteiger partial charge in [0.05, 0.1) is 8.95 Å². The van der Waals surface area contributed by atoms with E-state index in [0.29, 0.717) is 26.9 Å². The molecule has 0 fully saturated rings. The summed E-state index contributed by atoms with van der Waals surface area (Å²) in [5.41, 5.74) is 1.99. The Labute approximate surface area is 183 Å². The Hall–Kier alpha value is -1.70. The molecule has 2 N–H and O–H groups in total. The Bertz CT molecular complexity index is 1030. The van der Waals surface area contributed by atoms with Gasteiger partial charge in [0.1, 0.15) is 17.3 Å². The molecule has 152 valence electrons. The molecule has 3 aromatic carbocycles. The smallest absolute Gasteiger partial charge is 0.362 e. The van der Waals surface area contributed by atoms with E-state index in [1.165, 1.54) is 12.1 Å². The molecule has 0 aliphatic rings. The Kier molecular flexibility index (Phi) is 7.14. The zero-order valence-corrected chi connectivity index (χ0v) is 19.0. The molecular formula is C20H16Br2FO5P. The lowest BCUT2D eigenvalue weighted by atomic mass is 10.0. The van der Waals surface area contributed by atoms with E-state index in [-0.39, 0.29) is 11.6 Å². The molecule has 0 atom stereocenters. The Balaban J connectivity index is 1.75. The SMILES string of the molecule is O=P(O)(O)COc1cc(Br)c(Oc2cccc(Cc3ccc(F)cc3)c2)c(Br)c1. The van der Waals surface area contributed by atoms with Crippen molar-refractivity contribution in [2.24, 2.45) is 0 Å². The maximum atomic E-state index is 13.1. The van der Waals surface area contributed by atoms with Crippen LogP contribution in [0.5, 0.6) is 17.2 Å². The Morgan fingerprint density at radius 2 is 1.55 bits per heavy atom. The van der Waals surface area contributed by atoms with E-state index < -0.39 is 13.9 Å². The van der Waals surface area contributed by atoms with E-state index in [0.717, 1.165) is 11.1 Å². The Morgan fingerprint density at radius 1 is 0.897 bits per heavy atom. The van der Waals surface area contributed by atoms with Gasteiger partial charge < -0.3 is 19.3 Å². The van der Waals surface area contributed by atoms with Gasteiger partial charge in [0, 0.05) is 0 Å². The zero-order chi connectivity index (χ0) is 21.0. The maximum Gasteiger partial charge on any atom is 0.362 e. The minimum absolute atomic E-state index is 0.270. The fourth-order valence-electron chi connectivity index (χ4n) is 2.55. The van der Waals surface area contributed by atoms with Crippen LogP contribution in [0.25, 0.3) is 0 Å². The molecule has 0 amide bonds. The van der Waals surface area contributed by atoms with Gasteiger partial charge in [-0.1, -0.05) is 24.3 Å². The van der Waals surface area contributed by atoms with Crippen LogP contribution in [0, 0.1) is 5.82 Å². The predicted molar refractivity (Wildman–Crippen MR) is 115 cm³/mol. The highest BCUT2D eigenvalue weighted by Gasteiger charge is 2.16. The molecule has 3 aromatic rings. The second-order valence-electron chi connectivity index (χ2n) is 6.21. The third-order valence-corrected chi connectivity index (χ3v) is 5.45. The number of halogens is 3. The van der Waals surface area contributed by atoms with Crippen LogP contribution < -0.4 is 9.47 Å². The summed E-state index contributed by atoms with van der Waals surface area (Å²) in [6, 6.07) is 17.0. The molecule has 0 aliphatic heterocycles. The van der Waals surface area contributed by atoms with Crippen molar-refractivity contribution in [3.63, 3.8) is 0 Å². The van der Waals surface area contributed by atoms with E-state index >= 15 is 0 Å². The third-order valence-electron chi connectivity index (χ3n) is 3.81. The molecule has 9 heteroatoms. The highest BCUT2D eigenvalue weighted by molar-refractivity contribution is 9.11. The van der Waals surface area contributed by atoms with Gasteiger partial charge in [-0.3, -0.25) is 4.57 Å². The molecule has 0 saturated carbocycles. The summed E-state index contributed by atoms with van der Waals surface area (Å²) in [4.78, 5) is 17.9. The van der Waals surface area contributed by atoms with E-state index in [2.05, 4.69) is 31.9 Å². The molecule has 0 spiro atoms. The average molecular weight is 546 g/mol. The minimum Gasteiger partial charge on any atom is -0.481 e. The van der Waals surface area contributed by atoms with Crippen molar-refractivity contribution in [1.29, 1.82) is 0 Å². The van der Waals surface area contributed by atoms with Gasteiger partial charge in [-0.05, 0) is 85.8 Å². The lowest BCUT2D eigenvalue weighted by Gasteiger charge is -2.14. The molecule has 0 bridgehead atoms. The van der Waals surface area contributed by atoms with Crippen molar-refractivity contribution in [2.75, 3.05) is 6.35 Å². The fraction of sp³-hybridized carbons (Fsp3) is 0.100. The minimum atomic E-state index is -4.27. The largest absolute Gasteiger partial charge is 0.481 e. The molecule has 3 rings (SSSR count). The summed E-state index contributed by atoms with van der Waals surface area (Å²) in [5, 5.41) is 0. The lowest BCUT2D eigenvalue weighted by molar-refractivity contribution is 0.300. The first-order valence-electron chi connectivity index (χ1n) is 8.37. The van der Waals surface area contributed by atoms with Crippen molar-refractivity contribution in [2.45, 2.75) is 6.42 Å². The van der Waals surface area contributed by atoms with E-state index in [1.807, 2.05) is 24.3 Å². The molecular weight excluding hydrogens is 530 g/mol. The van der Waals surface area contributed by atoms with E-state index in [9.17, 15) is 8.96 Å². The normalized spacial score (nSPS) is 11.3. The van der Waals surface area contributed by atoms with E-state index in [4.69, 9.17) is 19.3 Å². The molecule has 5 nitrogen and oxygen atoms in total. The predicted octanol–water partition coefficient (Wildman–Crippen LogP) is 6.25. The standard InChI is InChI=1S/C20H16Br2FO5P/c21-18-10-17(27-12-29(24,25)26)11-19(22)20(18)28-16-3-1-2-14(9-16)8-13-4-6-15(23)7-5-13/h1-7,9-11H,8,12H2,(H2,24,25,26). The van der Waals surface area contributed by atoms with Crippen LogP contribution in [-0.4, -0.2) is 16.1 Å². The van der Waals surface area contributed by atoms with Crippen LogP contribution in [0.1, 0.15) is 11.1 Å². The van der Waals surface area contributed by atoms with Crippen LogP contribution in [0.3, 0.4) is 0 Å². The first kappa shape index (κ1) is 22.0. The molecule has 0 aromatic heterocycles. The van der Waals surface area contributed by atoms with Gasteiger partial charge in [0.25, 0.3) is 0 Å². The summed E-state index contributed by atoms with van der Waals surface area (Å²) in [6.45, 7) is 0. The summed E-state index contributed by atoms with van der Waals surface area (Å²) < 4.78 is 36.2. The molecule has 0 aliphatic carbocycles. The topological polar surface area (TPSA) is 76.0 Å². The number of rotatable bonds is 7. The zero-order valence-electron chi connectivity index (χ0n) is 14.9. The molecule has 0 radical (unpaired) electrons. The van der Waals surface area contributed by atoms with Crippen LogP contribution >= 0.6 is 39.5 Å². The number of hydrogen-bond acceptors (Lipinski definition) is 3. The summed E-state index contributed by atoms with van der Waals surface area (Å²) in [5.74, 6) is 1.11. The van der Waals surface area contributed by atoms with Crippen molar-refractivity contribution in [3.05, 3.63) is 86.6 Å². The van der Waals surface area contributed by atoms with Crippen molar-refractivity contribution >= 4 is 39.5 Å².